The van der Waals surface area contributed by atoms with E-state index in [4.69, 9.17) is 38.7 Å². The Kier molecular flexibility index (Phi) is 8.61. The Morgan fingerprint density at radius 3 is 2.47 bits per heavy atom. The maximum absolute atomic E-state index is 13.4. The summed E-state index contributed by atoms with van der Waals surface area (Å²) in [7, 11) is 0. The molecule has 0 radical (unpaired) electrons. The number of hydrogen-bond donors (Lipinski definition) is 2. The van der Waals surface area contributed by atoms with Gasteiger partial charge in [0.25, 0.3) is 0 Å². The predicted molar refractivity (Wildman–Crippen MR) is 126 cm³/mol. The average molecular weight is 504 g/mol. The van der Waals surface area contributed by atoms with Crippen LogP contribution in [0.1, 0.15) is 30.7 Å². The third-order valence-electron chi connectivity index (χ3n) is 6.59. The van der Waals surface area contributed by atoms with Crippen LogP contribution in [0.15, 0.2) is 42.5 Å². The van der Waals surface area contributed by atoms with Gasteiger partial charge in [-0.1, -0.05) is 12.1 Å². The molecule has 2 N–H and O–H groups in total. The van der Waals surface area contributed by atoms with Gasteiger partial charge >= 0.3 is 11.9 Å². The standard InChI is InChI=1S/C24H28FNO4.C2H2O4/c25-19-5-3-17(4-6-19)22-9-10-26(14-21-2-1-11-27-21)13-18(22)15-28-20-7-8-23-24(12-20)30-16-29-23;3-1(4)2(5)6/h3-8,12,18,21-22H,1-2,9-11,13-16H2;(H,3,4)(H,5,6)/t18-,21?,22-;/m1./s1. The van der Waals surface area contributed by atoms with Gasteiger partial charge in [0, 0.05) is 31.7 Å². The maximum Gasteiger partial charge on any atom is 0.414 e. The average Bonchev–Trinajstić information content (AvgIpc) is 3.55. The van der Waals surface area contributed by atoms with E-state index in [0.29, 0.717) is 24.5 Å². The van der Waals surface area contributed by atoms with Crippen LogP contribution in [0.25, 0.3) is 0 Å². The third-order valence-corrected chi connectivity index (χ3v) is 6.59. The minimum Gasteiger partial charge on any atom is -0.493 e. The topological polar surface area (TPSA) is 115 Å². The first kappa shape index (κ1) is 25.7. The number of hydrogen-bond acceptors (Lipinski definition) is 7. The Labute approximate surface area is 208 Å². The molecule has 3 heterocycles. The third kappa shape index (κ3) is 6.86. The van der Waals surface area contributed by atoms with E-state index in [1.165, 1.54) is 5.56 Å². The first-order valence-corrected chi connectivity index (χ1v) is 12.0. The molecule has 2 aromatic carbocycles. The second kappa shape index (κ2) is 12.0. The molecule has 1 unspecified atom stereocenters. The number of carboxylic acid groups (broad SMARTS) is 2. The van der Waals surface area contributed by atoms with Gasteiger partial charge in [0.05, 0.1) is 12.7 Å². The van der Waals surface area contributed by atoms with Crippen molar-refractivity contribution in [1.82, 2.24) is 4.90 Å². The number of rotatable bonds is 6. The number of nitrogens with zero attached hydrogens (tertiary/aromatic N) is 1. The Morgan fingerprint density at radius 2 is 1.78 bits per heavy atom. The van der Waals surface area contributed by atoms with Crippen molar-refractivity contribution in [3.63, 3.8) is 0 Å². The van der Waals surface area contributed by atoms with Gasteiger partial charge in [-0.05, 0) is 61.6 Å². The zero-order valence-corrected chi connectivity index (χ0v) is 19.8. The van der Waals surface area contributed by atoms with Crippen LogP contribution in [-0.4, -0.2) is 72.8 Å². The second-order valence-corrected chi connectivity index (χ2v) is 9.04. The van der Waals surface area contributed by atoms with E-state index in [2.05, 4.69) is 4.90 Å². The van der Waals surface area contributed by atoms with Gasteiger partial charge < -0.3 is 34.1 Å². The Hall–Kier alpha value is -3.37. The largest absolute Gasteiger partial charge is 0.493 e. The first-order chi connectivity index (χ1) is 17.4. The van der Waals surface area contributed by atoms with Crippen molar-refractivity contribution in [3.05, 3.63) is 53.8 Å². The summed E-state index contributed by atoms with van der Waals surface area (Å²) < 4.78 is 36.3. The molecule has 0 saturated carbocycles. The highest BCUT2D eigenvalue weighted by molar-refractivity contribution is 6.27. The zero-order chi connectivity index (χ0) is 25.5. The van der Waals surface area contributed by atoms with Crippen LogP contribution in [-0.2, 0) is 14.3 Å². The Balaban J connectivity index is 0.000000455. The fourth-order valence-corrected chi connectivity index (χ4v) is 4.84. The van der Waals surface area contributed by atoms with Crippen molar-refractivity contribution in [2.45, 2.75) is 31.3 Å². The van der Waals surface area contributed by atoms with E-state index in [9.17, 15) is 4.39 Å². The minimum atomic E-state index is -1.82. The van der Waals surface area contributed by atoms with Gasteiger partial charge in [-0.2, -0.15) is 0 Å². The van der Waals surface area contributed by atoms with Gasteiger partial charge in [0.15, 0.2) is 11.5 Å². The van der Waals surface area contributed by atoms with Crippen molar-refractivity contribution < 1.29 is 43.1 Å². The lowest BCUT2D eigenvalue weighted by Gasteiger charge is -2.39. The summed E-state index contributed by atoms with van der Waals surface area (Å²) in [5.41, 5.74) is 1.19. The normalized spacial score (nSPS) is 23.0. The molecule has 9 nitrogen and oxygen atoms in total. The van der Waals surface area contributed by atoms with Crippen molar-refractivity contribution in [3.8, 4) is 17.2 Å². The van der Waals surface area contributed by atoms with Crippen LogP contribution in [0, 0.1) is 11.7 Å². The van der Waals surface area contributed by atoms with Crippen LogP contribution in [0.4, 0.5) is 4.39 Å². The van der Waals surface area contributed by atoms with Gasteiger partial charge in [-0.3, -0.25) is 0 Å². The van der Waals surface area contributed by atoms with E-state index >= 15 is 0 Å². The fraction of sp³-hybridized carbons (Fsp3) is 0.462. The van der Waals surface area contributed by atoms with Gasteiger partial charge in [0.2, 0.25) is 6.79 Å². The summed E-state index contributed by atoms with van der Waals surface area (Å²) in [6, 6.07) is 12.7. The maximum atomic E-state index is 13.4. The van der Waals surface area contributed by atoms with Gasteiger partial charge in [-0.15, -0.1) is 0 Å². The lowest BCUT2D eigenvalue weighted by Crippen LogP contribution is -2.44. The highest BCUT2D eigenvalue weighted by Gasteiger charge is 2.32. The molecule has 0 bridgehead atoms. The zero-order valence-electron chi connectivity index (χ0n) is 19.8. The first-order valence-electron chi connectivity index (χ1n) is 12.0. The molecule has 2 saturated heterocycles. The quantitative estimate of drug-likeness (QED) is 0.573. The number of likely N-dealkylation sites (tertiary alicyclic amines) is 1. The number of halogens is 1. The SMILES string of the molecule is Fc1ccc([C@H]2CCN(CC3CCCO3)C[C@@H]2COc2ccc3c(c2)OCO3)cc1.O=C(O)C(=O)O. The monoisotopic (exact) mass is 503 g/mol. The molecule has 0 aliphatic carbocycles. The summed E-state index contributed by atoms with van der Waals surface area (Å²) in [5, 5.41) is 14.8. The number of fused-ring (bicyclic) bond motifs is 1. The van der Waals surface area contributed by atoms with E-state index in [1.54, 1.807) is 12.1 Å². The number of ether oxygens (including phenoxy) is 4. The van der Waals surface area contributed by atoms with E-state index in [0.717, 1.165) is 62.8 Å². The van der Waals surface area contributed by atoms with Crippen molar-refractivity contribution >= 4 is 11.9 Å². The van der Waals surface area contributed by atoms with Crippen molar-refractivity contribution in [1.29, 1.82) is 0 Å². The summed E-state index contributed by atoms with van der Waals surface area (Å²) in [6.45, 7) is 4.70. The summed E-state index contributed by atoms with van der Waals surface area (Å²) in [4.78, 5) is 20.7. The molecule has 3 atom stereocenters. The van der Waals surface area contributed by atoms with E-state index < -0.39 is 11.9 Å². The summed E-state index contributed by atoms with van der Waals surface area (Å²) in [6.07, 6.45) is 3.69. The van der Waals surface area contributed by atoms with Crippen LogP contribution in [0.2, 0.25) is 0 Å². The molecule has 2 fully saturated rings. The molecular formula is C26H30FNO8. The van der Waals surface area contributed by atoms with Gasteiger partial charge in [-0.25, -0.2) is 14.0 Å². The van der Waals surface area contributed by atoms with Crippen LogP contribution >= 0.6 is 0 Å². The lowest BCUT2D eigenvalue weighted by molar-refractivity contribution is -0.159. The number of benzene rings is 2. The molecule has 5 rings (SSSR count). The van der Waals surface area contributed by atoms with Crippen LogP contribution < -0.4 is 14.2 Å². The van der Waals surface area contributed by atoms with E-state index in [1.807, 2.05) is 30.3 Å². The molecule has 2 aromatic rings. The summed E-state index contributed by atoms with van der Waals surface area (Å²) >= 11 is 0. The smallest absolute Gasteiger partial charge is 0.414 e. The van der Waals surface area contributed by atoms with E-state index in [-0.39, 0.29) is 12.6 Å². The number of piperidine rings is 1. The molecule has 10 heteroatoms. The molecule has 36 heavy (non-hydrogen) atoms. The fourth-order valence-electron chi connectivity index (χ4n) is 4.84. The number of carbonyl (C=O) groups is 2. The molecule has 0 amide bonds. The molecule has 3 aliphatic rings. The Bertz CT molecular complexity index is 1030. The number of aliphatic carboxylic acids is 2. The van der Waals surface area contributed by atoms with Crippen LogP contribution in [0.3, 0.4) is 0 Å². The second-order valence-electron chi connectivity index (χ2n) is 9.04. The van der Waals surface area contributed by atoms with Crippen LogP contribution in [0.5, 0.6) is 17.2 Å². The Morgan fingerprint density at radius 1 is 1.03 bits per heavy atom. The van der Waals surface area contributed by atoms with Gasteiger partial charge in [0.1, 0.15) is 11.6 Å². The number of carboxylic acids is 2. The highest BCUT2D eigenvalue weighted by atomic mass is 19.1. The molecule has 3 aliphatic heterocycles. The highest BCUT2D eigenvalue weighted by Crippen LogP contribution is 2.37. The van der Waals surface area contributed by atoms with Crippen molar-refractivity contribution in [2.24, 2.45) is 5.92 Å². The molecule has 0 spiro atoms. The molecule has 0 aromatic heterocycles. The summed E-state index contributed by atoms with van der Waals surface area (Å²) in [5.74, 6) is -0.907. The lowest BCUT2D eigenvalue weighted by atomic mass is 9.80. The predicted octanol–water partition coefficient (Wildman–Crippen LogP) is 3.37. The molecule has 194 valence electrons. The molecular weight excluding hydrogens is 473 g/mol. The minimum absolute atomic E-state index is 0.192. The van der Waals surface area contributed by atoms with Crippen molar-refractivity contribution in [2.75, 3.05) is 39.6 Å².